The van der Waals surface area contributed by atoms with Crippen LogP contribution in [0.4, 0.5) is 10.5 Å². The van der Waals surface area contributed by atoms with Gasteiger partial charge in [-0.15, -0.1) is 0 Å². The molecule has 2 rings (SSSR count). The molecule has 11 heteroatoms. The van der Waals surface area contributed by atoms with Gasteiger partial charge in [0.1, 0.15) is 6.10 Å². The molecule has 0 spiro atoms. The number of alkyl carbamates (subject to hydrolysis) is 1. The van der Waals surface area contributed by atoms with Crippen LogP contribution in [0.3, 0.4) is 0 Å². The van der Waals surface area contributed by atoms with E-state index in [0.717, 1.165) is 14.8 Å². The Kier molecular flexibility index (Phi) is 7.79. The molecule has 0 aliphatic carbocycles. The van der Waals surface area contributed by atoms with E-state index < -0.39 is 43.3 Å². The predicted octanol–water partition coefficient (Wildman–Crippen LogP) is 4.24. The Balaban J connectivity index is 2.36. The van der Waals surface area contributed by atoms with Crippen LogP contribution in [0.15, 0.2) is 57.9 Å². The Hall–Kier alpha value is -2.50. The highest BCUT2D eigenvalue weighted by molar-refractivity contribution is 9.10. The highest BCUT2D eigenvalue weighted by Crippen LogP contribution is 2.28. The highest BCUT2D eigenvalue weighted by Gasteiger charge is 2.32. The largest absolute Gasteiger partial charge is 0.440 e. The maximum absolute atomic E-state index is 13.1. The third-order valence-electron chi connectivity index (χ3n) is 4.14. The van der Waals surface area contributed by atoms with Crippen LogP contribution in [0.1, 0.15) is 32.4 Å². The van der Waals surface area contributed by atoms with Crippen LogP contribution >= 0.6 is 15.9 Å². The van der Waals surface area contributed by atoms with Gasteiger partial charge in [0, 0.05) is 23.1 Å². The number of nitro groups is 1. The minimum Gasteiger partial charge on any atom is -0.440 e. The van der Waals surface area contributed by atoms with Crippen LogP contribution in [-0.4, -0.2) is 42.9 Å². The minimum absolute atomic E-state index is 0.242. The monoisotopic (exact) mass is 513 g/mol. The SMILES string of the molecule is CN(C[C@H](OC(=O)NC(C)(C)C)c1ccc(Br)cc1)S(=O)(=O)c1ccccc1[N+](=O)[O-]. The van der Waals surface area contributed by atoms with Crippen LogP contribution in [-0.2, 0) is 14.8 Å². The Morgan fingerprint density at radius 1 is 1.19 bits per heavy atom. The molecule has 168 valence electrons. The first-order valence-corrected chi connectivity index (χ1v) is 11.5. The zero-order chi connectivity index (χ0) is 23.4. The fourth-order valence-electron chi connectivity index (χ4n) is 2.68. The van der Waals surface area contributed by atoms with Gasteiger partial charge in [0.25, 0.3) is 5.69 Å². The molecule has 0 heterocycles. The summed E-state index contributed by atoms with van der Waals surface area (Å²) in [7, 11) is -2.95. The summed E-state index contributed by atoms with van der Waals surface area (Å²) in [6.45, 7) is 5.11. The van der Waals surface area contributed by atoms with Crippen molar-refractivity contribution in [2.45, 2.75) is 37.3 Å². The summed E-state index contributed by atoms with van der Waals surface area (Å²) in [5, 5.41) is 14.0. The van der Waals surface area contributed by atoms with E-state index in [0.29, 0.717) is 5.56 Å². The fraction of sp³-hybridized carbons (Fsp3) is 0.350. The molecule has 0 saturated carbocycles. The summed E-state index contributed by atoms with van der Waals surface area (Å²) in [5.41, 5.74) is -0.512. The van der Waals surface area contributed by atoms with Gasteiger partial charge in [0.05, 0.1) is 11.5 Å². The number of para-hydroxylation sites is 1. The van der Waals surface area contributed by atoms with Crippen LogP contribution in [0, 0.1) is 10.1 Å². The first-order valence-electron chi connectivity index (χ1n) is 9.25. The van der Waals surface area contributed by atoms with Gasteiger partial charge in [-0.05, 0) is 44.5 Å². The molecule has 0 bridgehead atoms. The summed E-state index contributed by atoms with van der Waals surface area (Å²) in [5.74, 6) is 0. The van der Waals surface area contributed by atoms with Crippen molar-refractivity contribution in [1.82, 2.24) is 9.62 Å². The number of carbonyl (C=O) groups is 1. The Morgan fingerprint density at radius 3 is 2.32 bits per heavy atom. The maximum atomic E-state index is 13.1. The van der Waals surface area contributed by atoms with E-state index in [4.69, 9.17) is 4.74 Å². The normalized spacial score (nSPS) is 13.0. The first-order chi connectivity index (χ1) is 14.3. The smallest absolute Gasteiger partial charge is 0.408 e. The predicted molar refractivity (Wildman–Crippen MR) is 119 cm³/mol. The van der Waals surface area contributed by atoms with Gasteiger partial charge in [0.2, 0.25) is 10.0 Å². The summed E-state index contributed by atoms with van der Waals surface area (Å²) in [6.07, 6.45) is -1.66. The Morgan fingerprint density at radius 2 is 1.77 bits per heavy atom. The van der Waals surface area contributed by atoms with E-state index in [1.54, 1.807) is 45.0 Å². The lowest BCUT2D eigenvalue weighted by molar-refractivity contribution is -0.387. The van der Waals surface area contributed by atoms with Crippen molar-refractivity contribution >= 4 is 37.7 Å². The molecule has 1 atom stereocenters. The van der Waals surface area contributed by atoms with Crippen molar-refractivity contribution in [1.29, 1.82) is 0 Å². The van der Waals surface area contributed by atoms with Gasteiger partial charge < -0.3 is 10.1 Å². The number of hydrogen-bond donors (Lipinski definition) is 1. The third kappa shape index (κ3) is 6.74. The topological polar surface area (TPSA) is 119 Å². The number of ether oxygens (including phenoxy) is 1. The number of sulfonamides is 1. The van der Waals surface area contributed by atoms with Crippen molar-refractivity contribution in [3.05, 3.63) is 68.7 Å². The zero-order valence-electron chi connectivity index (χ0n) is 17.5. The van der Waals surface area contributed by atoms with Crippen molar-refractivity contribution < 1.29 is 22.9 Å². The number of benzene rings is 2. The molecule has 31 heavy (non-hydrogen) atoms. The molecule has 0 unspecified atom stereocenters. The van der Waals surface area contributed by atoms with E-state index >= 15 is 0 Å². The molecule has 0 fully saturated rings. The molecule has 0 aliphatic heterocycles. The lowest BCUT2D eigenvalue weighted by Gasteiger charge is -2.27. The van der Waals surface area contributed by atoms with E-state index in [-0.39, 0.29) is 6.54 Å². The van der Waals surface area contributed by atoms with Crippen LogP contribution < -0.4 is 5.32 Å². The number of nitrogens with one attached hydrogen (secondary N) is 1. The highest BCUT2D eigenvalue weighted by atomic mass is 79.9. The number of nitrogens with zero attached hydrogens (tertiary/aromatic N) is 2. The van der Waals surface area contributed by atoms with E-state index in [2.05, 4.69) is 21.2 Å². The minimum atomic E-state index is -4.23. The third-order valence-corrected chi connectivity index (χ3v) is 6.54. The van der Waals surface area contributed by atoms with Gasteiger partial charge in [-0.2, -0.15) is 4.31 Å². The molecule has 1 N–H and O–H groups in total. The van der Waals surface area contributed by atoms with Gasteiger partial charge in [0.15, 0.2) is 4.90 Å². The first kappa shape index (κ1) is 24.8. The molecule has 2 aromatic carbocycles. The quantitative estimate of drug-likeness (QED) is 0.436. The van der Waals surface area contributed by atoms with E-state index in [1.807, 2.05) is 0 Å². The number of hydrogen-bond acceptors (Lipinski definition) is 6. The number of halogens is 1. The second kappa shape index (κ2) is 9.75. The molecule has 0 aliphatic rings. The second-order valence-electron chi connectivity index (χ2n) is 7.83. The number of likely N-dealkylation sites (N-methyl/N-ethyl adjacent to an activating group) is 1. The number of nitro benzene ring substituents is 1. The second-order valence-corrected chi connectivity index (χ2v) is 10.8. The van der Waals surface area contributed by atoms with Gasteiger partial charge in [-0.3, -0.25) is 10.1 Å². The van der Waals surface area contributed by atoms with Crippen LogP contribution in [0.2, 0.25) is 0 Å². The average molecular weight is 514 g/mol. The molecule has 1 amide bonds. The van der Waals surface area contributed by atoms with E-state index in [9.17, 15) is 23.3 Å². The number of amides is 1. The molecular weight excluding hydrogens is 490 g/mol. The fourth-order valence-corrected chi connectivity index (χ4v) is 4.27. The molecule has 2 aromatic rings. The lowest BCUT2D eigenvalue weighted by atomic mass is 10.1. The van der Waals surface area contributed by atoms with Crippen LogP contribution in [0.25, 0.3) is 0 Å². The van der Waals surface area contributed by atoms with Gasteiger partial charge >= 0.3 is 6.09 Å². The summed E-state index contributed by atoms with van der Waals surface area (Å²) < 4.78 is 33.4. The Bertz CT molecular complexity index is 1050. The van der Waals surface area contributed by atoms with Crippen LogP contribution in [0.5, 0.6) is 0 Å². The summed E-state index contributed by atoms with van der Waals surface area (Å²) >= 11 is 3.33. The maximum Gasteiger partial charge on any atom is 0.408 e. The van der Waals surface area contributed by atoms with Gasteiger partial charge in [-0.1, -0.05) is 40.2 Å². The van der Waals surface area contributed by atoms with Crippen molar-refractivity contribution in [2.75, 3.05) is 13.6 Å². The summed E-state index contributed by atoms with van der Waals surface area (Å²) in [4.78, 5) is 22.5. The molecule has 9 nitrogen and oxygen atoms in total. The zero-order valence-corrected chi connectivity index (χ0v) is 19.9. The molecule has 0 saturated heterocycles. The van der Waals surface area contributed by atoms with Crippen molar-refractivity contribution in [3.8, 4) is 0 Å². The van der Waals surface area contributed by atoms with E-state index in [1.165, 1.54) is 25.2 Å². The number of carbonyl (C=O) groups excluding carboxylic acids is 1. The molecule has 0 radical (unpaired) electrons. The molecular formula is C20H24BrN3O6S. The number of rotatable bonds is 7. The summed E-state index contributed by atoms with van der Waals surface area (Å²) in [6, 6.07) is 12.0. The van der Waals surface area contributed by atoms with Crippen molar-refractivity contribution in [2.24, 2.45) is 0 Å². The van der Waals surface area contributed by atoms with Gasteiger partial charge in [-0.25, -0.2) is 13.2 Å². The lowest BCUT2D eigenvalue weighted by Crippen LogP contribution is -2.42. The average Bonchev–Trinajstić information content (AvgIpc) is 2.66. The Labute approximate surface area is 189 Å². The molecule has 0 aromatic heterocycles. The standard InChI is InChI=1S/C20H24BrN3O6S/c1-20(2,3)22-19(25)30-17(14-9-11-15(21)12-10-14)13-23(4)31(28,29)18-8-6-5-7-16(18)24(26)27/h5-12,17H,13H2,1-4H3,(H,22,25)/t17-/m0/s1. The van der Waals surface area contributed by atoms with Crippen molar-refractivity contribution in [3.63, 3.8) is 0 Å².